The van der Waals surface area contributed by atoms with Crippen molar-refractivity contribution < 1.29 is 29.4 Å². The second-order valence-electron chi connectivity index (χ2n) is 9.23. The number of carbonyl (C=O) groups excluding carboxylic acids is 3. The lowest BCUT2D eigenvalue weighted by Crippen LogP contribution is -2.58. The van der Waals surface area contributed by atoms with Crippen LogP contribution in [0.4, 0.5) is 0 Å². The number of carbonyl (C=O) groups is 4. The first-order chi connectivity index (χ1) is 17.5. The smallest absolute Gasteiger partial charge is 0.326 e. The molecular formula is C25H41N5O6S. The second-order valence-corrected chi connectivity index (χ2v) is 10.2. The van der Waals surface area contributed by atoms with Crippen molar-refractivity contribution in [1.29, 1.82) is 0 Å². The summed E-state index contributed by atoms with van der Waals surface area (Å²) in [5.74, 6) is -2.50. The van der Waals surface area contributed by atoms with Crippen LogP contribution in [0, 0.1) is 5.92 Å². The van der Waals surface area contributed by atoms with Gasteiger partial charge in [0.25, 0.3) is 0 Å². The molecule has 0 saturated heterocycles. The van der Waals surface area contributed by atoms with Crippen LogP contribution in [0.1, 0.15) is 45.1 Å². The number of rotatable bonds is 17. The first kappa shape index (κ1) is 32.2. The molecule has 0 aliphatic rings. The number of aromatic hydroxyl groups is 1. The molecule has 0 fully saturated rings. The molecule has 11 nitrogen and oxygen atoms in total. The van der Waals surface area contributed by atoms with Crippen LogP contribution in [-0.2, 0) is 25.6 Å². The summed E-state index contributed by atoms with van der Waals surface area (Å²) < 4.78 is 0. The van der Waals surface area contributed by atoms with Crippen LogP contribution in [0.15, 0.2) is 24.3 Å². The molecule has 3 amide bonds. The lowest BCUT2D eigenvalue weighted by Gasteiger charge is -2.27. The van der Waals surface area contributed by atoms with E-state index in [0.29, 0.717) is 31.6 Å². The minimum atomic E-state index is -1.16. The fraction of sp³-hybridized carbons (Fsp3) is 0.600. The van der Waals surface area contributed by atoms with Crippen LogP contribution in [0.5, 0.6) is 5.75 Å². The Bertz CT molecular complexity index is 883. The van der Waals surface area contributed by atoms with E-state index < -0.39 is 47.9 Å². The van der Waals surface area contributed by atoms with E-state index in [1.165, 1.54) is 23.9 Å². The number of unbranched alkanes of at least 4 members (excludes halogenated alkanes) is 1. The number of nitrogens with one attached hydrogen (secondary N) is 3. The minimum Gasteiger partial charge on any atom is -0.508 e. The van der Waals surface area contributed by atoms with Gasteiger partial charge in [0.15, 0.2) is 0 Å². The predicted molar refractivity (Wildman–Crippen MR) is 144 cm³/mol. The zero-order valence-electron chi connectivity index (χ0n) is 21.7. The van der Waals surface area contributed by atoms with Crippen molar-refractivity contribution in [2.75, 3.05) is 18.6 Å². The third-order valence-corrected chi connectivity index (χ3v) is 6.42. The van der Waals surface area contributed by atoms with Gasteiger partial charge in [-0.1, -0.05) is 26.0 Å². The summed E-state index contributed by atoms with van der Waals surface area (Å²) in [6, 6.07) is 2.37. The van der Waals surface area contributed by atoms with Gasteiger partial charge in [-0.25, -0.2) is 4.79 Å². The Morgan fingerprint density at radius 3 is 2.08 bits per heavy atom. The molecule has 37 heavy (non-hydrogen) atoms. The van der Waals surface area contributed by atoms with Gasteiger partial charge in [0.2, 0.25) is 17.7 Å². The van der Waals surface area contributed by atoms with Gasteiger partial charge in [0, 0.05) is 0 Å². The Morgan fingerprint density at radius 1 is 0.919 bits per heavy atom. The molecule has 0 aliphatic heterocycles. The molecule has 0 spiro atoms. The normalized spacial score (nSPS) is 14.3. The molecule has 0 bridgehead atoms. The average molecular weight is 540 g/mol. The number of thioether (sulfide) groups is 1. The maximum atomic E-state index is 13.1. The molecule has 1 aromatic carbocycles. The van der Waals surface area contributed by atoms with E-state index in [0.717, 1.165) is 5.56 Å². The lowest BCUT2D eigenvalue weighted by atomic mass is 10.0. The molecule has 0 radical (unpaired) electrons. The van der Waals surface area contributed by atoms with Gasteiger partial charge in [-0.05, 0) is 74.3 Å². The van der Waals surface area contributed by atoms with Crippen LogP contribution in [0.3, 0.4) is 0 Å². The molecule has 1 rings (SSSR count). The van der Waals surface area contributed by atoms with Crippen LogP contribution in [0.2, 0.25) is 0 Å². The number of carboxylic acids is 1. The number of hydrogen-bond acceptors (Lipinski definition) is 8. The number of hydrogen-bond donors (Lipinski definition) is 7. The molecule has 0 aromatic heterocycles. The Balaban J connectivity index is 2.88. The van der Waals surface area contributed by atoms with Crippen molar-refractivity contribution in [3.05, 3.63) is 29.8 Å². The Hall–Kier alpha value is -2.83. The number of aliphatic carboxylic acids is 1. The zero-order valence-corrected chi connectivity index (χ0v) is 22.6. The Kier molecular flexibility index (Phi) is 14.6. The van der Waals surface area contributed by atoms with Gasteiger partial charge in [-0.3, -0.25) is 14.4 Å². The van der Waals surface area contributed by atoms with E-state index >= 15 is 0 Å². The minimum absolute atomic E-state index is 0.101. The van der Waals surface area contributed by atoms with E-state index in [1.54, 1.807) is 26.0 Å². The summed E-state index contributed by atoms with van der Waals surface area (Å²) in [6.45, 7) is 3.89. The van der Waals surface area contributed by atoms with Crippen LogP contribution < -0.4 is 27.4 Å². The summed E-state index contributed by atoms with van der Waals surface area (Å²) in [5.41, 5.74) is 12.3. The van der Waals surface area contributed by atoms with Crippen molar-refractivity contribution in [3.8, 4) is 5.75 Å². The van der Waals surface area contributed by atoms with Crippen molar-refractivity contribution in [2.45, 2.75) is 70.1 Å². The number of phenolic OH excluding ortho intramolecular Hbond substituents is 1. The monoisotopic (exact) mass is 539 g/mol. The molecule has 208 valence electrons. The number of phenols is 1. The highest BCUT2D eigenvalue weighted by Crippen LogP contribution is 2.12. The predicted octanol–water partition coefficient (Wildman–Crippen LogP) is 0.339. The lowest BCUT2D eigenvalue weighted by molar-refractivity contribution is -0.142. The highest BCUT2D eigenvalue weighted by molar-refractivity contribution is 7.98. The van der Waals surface area contributed by atoms with Gasteiger partial charge in [0.05, 0.1) is 6.04 Å². The summed E-state index contributed by atoms with van der Waals surface area (Å²) in [5, 5.41) is 26.8. The number of nitrogens with two attached hydrogens (primary N) is 2. The molecule has 0 saturated carbocycles. The summed E-state index contributed by atoms with van der Waals surface area (Å²) in [4.78, 5) is 50.4. The topological polar surface area (TPSA) is 197 Å². The molecule has 1 aromatic rings. The van der Waals surface area contributed by atoms with E-state index in [1.807, 2.05) is 6.26 Å². The maximum Gasteiger partial charge on any atom is 0.326 e. The van der Waals surface area contributed by atoms with E-state index in [4.69, 9.17) is 11.5 Å². The maximum absolute atomic E-state index is 13.1. The highest BCUT2D eigenvalue weighted by Gasteiger charge is 2.31. The second kappa shape index (κ2) is 16.8. The van der Waals surface area contributed by atoms with Crippen molar-refractivity contribution in [3.63, 3.8) is 0 Å². The van der Waals surface area contributed by atoms with E-state index in [-0.39, 0.29) is 24.5 Å². The van der Waals surface area contributed by atoms with Crippen molar-refractivity contribution in [1.82, 2.24) is 16.0 Å². The van der Waals surface area contributed by atoms with Gasteiger partial charge < -0.3 is 37.6 Å². The Labute approximate surface area is 222 Å². The molecule has 12 heteroatoms. The van der Waals surface area contributed by atoms with E-state index in [9.17, 15) is 29.4 Å². The third kappa shape index (κ3) is 11.8. The van der Waals surface area contributed by atoms with Crippen LogP contribution >= 0.6 is 11.8 Å². The number of carboxylic acid groups (broad SMARTS) is 1. The number of amides is 3. The highest BCUT2D eigenvalue weighted by atomic mass is 32.2. The summed E-state index contributed by atoms with van der Waals surface area (Å²) in [6.07, 6.45) is 3.79. The van der Waals surface area contributed by atoms with Gasteiger partial charge >= 0.3 is 5.97 Å². The molecule has 4 unspecified atom stereocenters. The summed E-state index contributed by atoms with van der Waals surface area (Å²) >= 11 is 1.50. The molecule has 9 N–H and O–H groups in total. The van der Waals surface area contributed by atoms with Gasteiger partial charge in [-0.2, -0.15) is 11.8 Å². The average Bonchev–Trinajstić information content (AvgIpc) is 2.85. The zero-order chi connectivity index (χ0) is 28.0. The van der Waals surface area contributed by atoms with Gasteiger partial charge in [0.1, 0.15) is 23.9 Å². The van der Waals surface area contributed by atoms with Crippen LogP contribution in [-0.4, -0.2) is 76.6 Å². The van der Waals surface area contributed by atoms with Crippen molar-refractivity contribution in [2.24, 2.45) is 17.4 Å². The fourth-order valence-electron chi connectivity index (χ4n) is 3.56. The van der Waals surface area contributed by atoms with Crippen molar-refractivity contribution >= 4 is 35.5 Å². The van der Waals surface area contributed by atoms with Crippen LogP contribution in [0.25, 0.3) is 0 Å². The molecule has 0 heterocycles. The number of benzene rings is 1. The van der Waals surface area contributed by atoms with Gasteiger partial charge in [-0.15, -0.1) is 0 Å². The molecule has 4 atom stereocenters. The largest absolute Gasteiger partial charge is 0.508 e. The third-order valence-electron chi connectivity index (χ3n) is 5.78. The standard InChI is InChI=1S/C25H41N5O6S/c1-15(2)21(24(34)29-20(25(35)36)6-4-5-12-26)30-23(33)19(11-13-37-3)28-22(32)18(27)14-16-7-9-17(31)10-8-16/h7-10,15,18-21,31H,4-6,11-14,26-27H2,1-3H3,(H,28,32)(H,29,34)(H,30,33)(H,35,36). The first-order valence-corrected chi connectivity index (χ1v) is 13.8. The fourth-order valence-corrected chi connectivity index (χ4v) is 4.03. The first-order valence-electron chi connectivity index (χ1n) is 12.4. The molecular weight excluding hydrogens is 498 g/mol. The Morgan fingerprint density at radius 2 is 1.54 bits per heavy atom. The summed E-state index contributed by atoms with van der Waals surface area (Å²) in [7, 11) is 0. The van der Waals surface area contributed by atoms with E-state index in [2.05, 4.69) is 16.0 Å². The SMILES string of the molecule is CSCCC(NC(=O)C(N)Cc1ccc(O)cc1)C(=O)NC(C(=O)NC(CCCCN)C(=O)O)C(C)C. The quantitative estimate of drug-likeness (QED) is 0.136. The molecule has 0 aliphatic carbocycles.